The Morgan fingerprint density at radius 3 is 2.94 bits per heavy atom. The third kappa shape index (κ3) is 4.33. The van der Waals surface area contributed by atoms with Gasteiger partial charge < -0.3 is 5.32 Å². The molecule has 4 heteroatoms. The summed E-state index contributed by atoms with van der Waals surface area (Å²) in [6, 6.07) is 4.06. The van der Waals surface area contributed by atoms with Gasteiger partial charge in [-0.3, -0.25) is 4.79 Å². The van der Waals surface area contributed by atoms with Crippen molar-refractivity contribution >= 4 is 17.5 Å². The lowest BCUT2D eigenvalue weighted by atomic mass is 10.2. The Morgan fingerprint density at radius 1 is 1.56 bits per heavy atom. The third-order valence-corrected chi connectivity index (χ3v) is 2.09. The first-order valence-corrected chi connectivity index (χ1v) is 5.16. The summed E-state index contributed by atoms with van der Waals surface area (Å²) < 4.78 is 12.7. The highest BCUT2D eigenvalue weighted by atomic mass is 35.5. The van der Waals surface area contributed by atoms with Crippen LogP contribution in [0.15, 0.2) is 18.2 Å². The lowest BCUT2D eigenvalue weighted by Crippen LogP contribution is -2.20. The fraction of sp³-hybridized carbons (Fsp3) is 0.250. The first-order valence-electron chi connectivity index (χ1n) is 4.78. The summed E-state index contributed by atoms with van der Waals surface area (Å²) in [5.41, 5.74) is 0.589. The maximum absolute atomic E-state index is 12.7. The molecule has 0 radical (unpaired) electrons. The zero-order chi connectivity index (χ0) is 12.0. The summed E-state index contributed by atoms with van der Waals surface area (Å²) in [6.45, 7) is 1.95. The molecule has 1 aromatic rings. The molecule has 0 aliphatic carbocycles. The van der Waals surface area contributed by atoms with Crippen LogP contribution in [-0.2, 0) is 4.79 Å². The maximum atomic E-state index is 12.7. The second-order valence-corrected chi connectivity index (χ2v) is 3.57. The van der Waals surface area contributed by atoms with Crippen LogP contribution in [0.5, 0.6) is 0 Å². The van der Waals surface area contributed by atoms with Crippen molar-refractivity contribution < 1.29 is 9.18 Å². The molecule has 0 saturated heterocycles. The van der Waals surface area contributed by atoms with Gasteiger partial charge in [0.05, 0.1) is 5.02 Å². The number of carbonyl (C=O) groups is 1. The second-order valence-electron chi connectivity index (χ2n) is 3.16. The van der Waals surface area contributed by atoms with Crippen LogP contribution in [0.3, 0.4) is 0 Å². The molecule has 16 heavy (non-hydrogen) atoms. The average Bonchev–Trinajstić information content (AvgIpc) is 2.20. The van der Waals surface area contributed by atoms with E-state index in [1.54, 1.807) is 0 Å². The van der Waals surface area contributed by atoms with E-state index in [1.165, 1.54) is 25.1 Å². The number of hydrogen-bond donors (Lipinski definition) is 1. The molecule has 0 atom stereocenters. The van der Waals surface area contributed by atoms with Crippen LogP contribution < -0.4 is 5.32 Å². The summed E-state index contributed by atoms with van der Waals surface area (Å²) in [7, 11) is 0. The van der Waals surface area contributed by atoms with Gasteiger partial charge >= 0.3 is 0 Å². The number of halogens is 2. The van der Waals surface area contributed by atoms with Crippen molar-refractivity contribution in [2.24, 2.45) is 0 Å². The Hall–Kier alpha value is -1.53. The van der Waals surface area contributed by atoms with Crippen molar-refractivity contribution in [3.05, 3.63) is 34.6 Å². The van der Waals surface area contributed by atoms with E-state index in [4.69, 9.17) is 11.6 Å². The first kappa shape index (κ1) is 12.5. The Kier molecular flexibility index (Phi) is 4.81. The molecule has 0 bridgehead atoms. The molecule has 0 aliphatic heterocycles. The van der Waals surface area contributed by atoms with Crippen LogP contribution in [-0.4, -0.2) is 12.5 Å². The summed E-state index contributed by atoms with van der Waals surface area (Å²) in [5.74, 6) is 5.20. The fourth-order valence-electron chi connectivity index (χ4n) is 1.05. The molecule has 0 unspecified atom stereocenters. The summed E-state index contributed by atoms with van der Waals surface area (Å²) in [4.78, 5) is 10.5. The van der Waals surface area contributed by atoms with Gasteiger partial charge in [0.1, 0.15) is 5.82 Å². The van der Waals surface area contributed by atoms with Crippen molar-refractivity contribution in [2.75, 3.05) is 6.54 Å². The molecule has 0 spiro atoms. The zero-order valence-corrected chi connectivity index (χ0v) is 9.57. The van der Waals surface area contributed by atoms with Gasteiger partial charge in [-0.2, -0.15) is 0 Å². The van der Waals surface area contributed by atoms with Crippen LogP contribution in [0.4, 0.5) is 4.39 Å². The van der Waals surface area contributed by atoms with E-state index in [0.29, 0.717) is 23.6 Å². The number of nitrogens with one attached hydrogen (secondary N) is 1. The standard InChI is InChI=1S/C12H11ClFNO/c1-9(16)15-7-3-2-4-10-5-6-11(14)8-12(10)13/h5-6,8H,3,7H2,1H3,(H,15,16). The number of rotatable bonds is 2. The van der Waals surface area contributed by atoms with Crippen molar-refractivity contribution in [1.82, 2.24) is 5.32 Å². The summed E-state index contributed by atoms with van der Waals surface area (Å²) in [6.07, 6.45) is 0.535. The number of benzene rings is 1. The summed E-state index contributed by atoms with van der Waals surface area (Å²) >= 11 is 5.78. The van der Waals surface area contributed by atoms with E-state index < -0.39 is 0 Å². The Bertz CT molecular complexity index is 448. The second kappa shape index (κ2) is 6.14. The predicted octanol–water partition coefficient (Wildman–Crippen LogP) is 2.36. The van der Waals surface area contributed by atoms with E-state index >= 15 is 0 Å². The van der Waals surface area contributed by atoms with Gasteiger partial charge in [-0.25, -0.2) is 4.39 Å². The van der Waals surface area contributed by atoms with Gasteiger partial charge in [0.15, 0.2) is 0 Å². The van der Waals surface area contributed by atoms with Gasteiger partial charge in [-0.15, -0.1) is 0 Å². The Labute approximate surface area is 98.8 Å². The molecule has 1 rings (SSSR count). The minimum absolute atomic E-state index is 0.0818. The quantitative estimate of drug-likeness (QED) is 0.623. The number of carbonyl (C=O) groups excluding carboxylic acids is 1. The molecule has 0 aliphatic rings. The van der Waals surface area contributed by atoms with Crippen LogP contribution in [0.25, 0.3) is 0 Å². The van der Waals surface area contributed by atoms with E-state index in [9.17, 15) is 9.18 Å². The van der Waals surface area contributed by atoms with E-state index in [0.717, 1.165) is 0 Å². The van der Waals surface area contributed by atoms with Crippen LogP contribution in [0.1, 0.15) is 18.9 Å². The highest BCUT2D eigenvalue weighted by molar-refractivity contribution is 6.31. The molecule has 0 heterocycles. The smallest absolute Gasteiger partial charge is 0.216 e. The average molecular weight is 240 g/mol. The minimum atomic E-state index is -0.381. The first-order chi connectivity index (χ1) is 7.59. The summed E-state index contributed by atoms with van der Waals surface area (Å²) in [5, 5.41) is 2.92. The van der Waals surface area contributed by atoms with Gasteiger partial charge in [0, 0.05) is 25.5 Å². The molecular weight excluding hydrogens is 229 g/mol. The highest BCUT2D eigenvalue weighted by Crippen LogP contribution is 2.15. The monoisotopic (exact) mass is 239 g/mol. The normalized spacial score (nSPS) is 9.19. The molecule has 0 fully saturated rings. The Morgan fingerprint density at radius 2 is 2.31 bits per heavy atom. The molecular formula is C12H11ClFNO. The molecule has 1 aromatic carbocycles. The fourth-order valence-corrected chi connectivity index (χ4v) is 1.26. The highest BCUT2D eigenvalue weighted by Gasteiger charge is 1.97. The number of hydrogen-bond acceptors (Lipinski definition) is 1. The van der Waals surface area contributed by atoms with Crippen LogP contribution >= 0.6 is 11.6 Å². The lowest BCUT2D eigenvalue weighted by molar-refractivity contribution is -0.118. The third-order valence-electron chi connectivity index (χ3n) is 1.78. The topological polar surface area (TPSA) is 29.1 Å². The van der Waals surface area contributed by atoms with Crippen molar-refractivity contribution in [2.45, 2.75) is 13.3 Å². The van der Waals surface area contributed by atoms with Gasteiger partial charge in [-0.1, -0.05) is 23.4 Å². The maximum Gasteiger partial charge on any atom is 0.216 e. The van der Waals surface area contributed by atoms with E-state index in [2.05, 4.69) is 17.2 Å². The van der Waals surface area contributed by atoms with Gasteiger partial charge in [0.25, 0.3) is 0 Å². The number of amides is 1. The van der Waals surface area contributed by atoms with E-state index in [1.807, 2.05) is 0 Å². The van der Waals surface area contributed by atoms with Gasteiger partial charge in [-0.05, 0) is 18.2 Å². The van der Waals surface area contributed by atoms with Crippen molar-refractivity contribution in [3.8, 4) is 11.8 Å². The van der Waals surface area contributed by atoms with Crippen molar-refractivity contribution in [1.29, 1.82) is 0 Å². The molecule has 84 valence electrons. The zero-order valence-electron chi connectivity index (χ0n) is 8.81. The Balaban J connectivity index is 2.53. The van der Waals surface area contributed by atoms with Crippen LogP contribution in [0.2, 0.25) is 5.02 Å². The van der Waals surface area contributed by atoms with Gasteiger partial charge in [0.2, 0.25) is 5.91 Å². The molecule has 0 aromatic heterocycles. The van der Waals surface area contributed by atoms with Crippen LogP contribution in [0, 0.1) is 17.7 Å². The van der Waals surface area contributed by atoms with E-state index in [-0.39, 0.29) is 11.7 Å². The molecule has 2 nitrogen and oxygen atoms in total. The largest absolute Gasteiger partial charge is 0.355 e. The molecule has 1 amide bonds. The SMILES string of the molecule is CC(=O)NCCC#Cc1ccc(F)cc1Cl. The minimum Gasteiger partial charge on any atom is -0.355 e. The predicted molar refractivity (Wildman–Crippen MR) is 61.6 cm³/mol. The lowest BCUT2D eigenvalue weighted by Gasteiger charge is -1.96. The molecule has 0 saturated carbocycles. The van der Waals surface area contributed by atoms with Crippen molar-refractivity contribution in [3.63, 3.8) is 0 Å². The molecule has 1 N–H and O–H groups in total.